The monoisotopic (exact) mass is 198 g/mol. The van der Waals surface area contributed by atoms with Gasteiger partial charge in [0.15, 0.2) is 0 Å². The van der Waals surface area contributed by atoms with Crippen molar-refractivity contribution >= 4 is 5.97 Å². The molecule has 1 aromatic rings. The Morgan fingerprint density at radius 1 is 1.57 bits per heavy atom. The molecule has 0 amide bonds. The minimum atomic E-state index is -1.06. The Labute approximate surface area is 80.8 Å². The Morgan fingerprint density at radius 3 is 2.71 bits per heavy atom. The van der Waals surface area contributed by atoms with Crippen molar-refractivity contribution in [3.05, 3.63) is 29.6 Å². The zero-order chi connectivity index (χ0) is 10.7. The average Bonchev–Trinajstić information content (AvgIpc) is 2.11. The quantitative estimate of drug-likeness (QED) is 0.782. The van der Waals surface area contributed by atoms with Gasteiger partial charge in [-0.25, -0.2) is 4.39 Å². The molecule has 3 nitrogen and oxygen atoms in total. The number of aliphatic carboxylic acids is 1. The number of phenols is 1. The Bertz CT molecular complexity index is 349. The summed E-state index contributed by atoms with van der Waals surface area (Å²) in [5.74, 6) is -2.64. The highest BCUT2D eigenvalue weighted by atomic mass is 19.1. The highest BCUT2D eigenvalue weighted by molar-refractivity contribution is 5.77. The van der Waals surface area contributed by atoms with Crippen molar-refractivity contribution in [2.45, 2.75) is 19.3 Å². The van der Waals surface area contributed by atoms with Crippen LogP contribution in [0.25, 0.3) is 0 Å². The second-order valence-corrected chi connectivity index (χ2v) is 3.00. The van der Waals surface area contributed by atoms with Gasteiger partial charge in [0.1, 0.15) is 11.6 Å². The number of carbonyl (C=O) groups is 1. The number of hydrogen-bond acceptors (Lipinski definition) is 2. The van der Waals surface area contributed by atoms with Crippen LogP contribution in [-0.4, -0.2) is 16.2 Å². The van der Waals surface area contributed by atoms with Crippen LogP contribution in [0.15, 0.2) is 18.2 Å². The van der Waals surface area contributed by atoms with E-state index in [1.165, 1.54) is 0 Å². The third-order valence-corrected chi connectivity index (χ3v) is 2.07. The second kappa shape index (κ2) is 4.09. The van der Waals surface area contributed by atoms with Crippen LogP contribution in [0.5, 0.6) is 5.75 Å². The number of rotatable bonds is 3. The van der Waals surface area contributed by atoms with Gasteiger partial charge >= 0.3 is 5.97 Å². The summed E-state index contributed by atoms with van der Waals surface area (Å²) in [6.45, 7) is 1.67. The SMILES string of the molecule is CCC(C(=O)O)c1cc(F)ccc1O. The summed E-state index contributed by atoms with van der Waals surface area (Å²) in [5.41, 5.74) is 0.125. The van der Waals surface area contributed by atoms with Gasteiger partial charge in [0.25, 0.3) is 0 Å². The molecule has 0 saturated heterocycles. The molecule has 0 heterocycles. The van der Waals surface area contributed by atoms with Crippen molar-refractivity contribution in [1.29, 1.82) is 0 Å². The minimum absolute atomic E-state index is 0.125. The molecule has 0 spiro atoms. The van der Waals surface area contributed by atoms with Crippen LogP contribution in [0.1, 0.15) is 24.8 Å². The normalized spacial score (nSPS) is 12.4. The molecule has 0 aromatic heterocycles. The van der Waals surface area contributed by atoms with Crippen molar-refractivity contribution in [1.82, 2.24) is 0 Å². The zero-order valence-corrected chi connectivity index (χ0v) is 7.70. The molecule has 14 heavy (non-hydrogen) atoms. The van der Waals surface area contributed by atoms with E-state index in [2.05, 4.69) is 0 Å². The van der Waals surface area contributed by atoms with E-state index in [9.17, 15) is 14.3 Å². The highest BCUT2D eigenvalue weighted by Crippen LogP contribution is 2.28. The Hall–Kier alpha value is -1.58. The van der Waals surface area contributed by atoms with Gasteiger partial charge in [0, 0.05) is 5.56 Å². The number of hydrogen-bond donors (Lipinski definition) is 2. The molecule has 2 N–H and O–H groups in total. The first-order valence-corrected chi connectivity index (χ1v) is 4.27. The first-order chi connectivity index (χ1) is 6.56. The van der Waals surface area contributed by atoms with E-state index in [4.69, 9.17) is 5.11 Å². The molecule has 1 rings (SSSR count). The molecule has 0 fully saturated rings. The number of phenolic OH excluding ortho intramolecular Hbond substituents is 1. The number of halogens is 1. The Balaban J connectivity index is 3.15. The summed E-state index contributed by atoms with van der Waals surface area (Å²) in [5, 5.41) is 18.2. The summed E-state index contributed by atoms with van der Waals surface area (Å²) < 4.78 is 12.8. The van der Waals surface area contributed by atoms with Crippen LogP contribution >= 0.6 is 0 Å². The Morgan fingerprint density at radius 2 is 2.21 bits per heavy atom. The van der Waals surface area contributed by atoms with Gasteiger partial charge in [0.2, 0.25) is 0 Å². The fourth-order valence-electron chi connectivity index (χ4n) is 1.33. The van der Waals surface area contributed by atoms with Crippen LogP contribution in [-0.2, 0) is 4.79 Å². The lowest BCUT2D eigenvalue weighted by atomic mass is 9.96. The first-order valence-electron chi connectivity index (χ1n) is 4.27. The molecule has 76 valence electrons. The maximum atomic E-state index is 12.8. The number of benzene rings is 1. The van der Waals surface area contributed by atoms with E-state index in [1.807, 2.05) is 0 Å². The van der Waals surface area contributed by atoms with Gasteiger partial charge in [0.05, 0.1) is 5.92 Å². The molecule has 0 bridgehead atoms. The van der Waals surface area contributed by atoms with Crippen LogP contribution in [0.3, 0.4) is 0 Å². The maximum Gasteiger partial charge on any atom is 0.311 e. The predicted octanol–water partition coefficient (Wildman–Crippen LogP) is 2.11. The van der Waals surface area contributed by atoms with Crippen LogP contribution in [0.2, 0.25) is 0 Å². The number of carboxylic acids is 1. The fraction of sp³-hybridized carbons (Fsp3) is 0.300. The molecular weight excluding hydrogens is 187 g/mol. The average molecular weight is 198 g/mol. The van der Waals surface area contributed by atoms with Crippen molar-refractivity contribution in [2.75, 3.05) is 0 Å². The number of carboxylic acid groups (broad SMARTS) is 1. The van der Waals surface area contributed by atoms with E-state index < -0.39 is 17.7 Å². The molecule has 4 heteroatoms. The van der Waals surface area contributed by atoms with Gasteiger partial charge in [-0.3, -0.25) is 4.79 Å². The van der Waals surface area contributed by atoms with Crippen LogP contribution in [0, 0.1) is 5.82 Å². The van der Waals surface area contributed by atoms with Crippen molar-refractivity contribution in [2.24, 2.45) is 0 Å². The van der Waals surface area contributed by atoms with E-state index in [1.54, 1.807) is 6.92 Å². The van der Waals surface area contributed by atoms with Crippen LogP contribution < -0.4 is 0 Å². The van der Waals surface area contributed by atoms with Crippen molar-refractivity contribution in [3.63, 3.8) is 0 Å². The van der Waals surface area contributed by atoms with E-state index in [0.717, 1.165) is 18.2 Å². The van der Waals surface area contributed by atoms with Gasteiger partial charge < -0.3 is 10.2 Å². The third-order valence-electron chi connectivity index (χ3n) is 2.07. The summed E-state index contributed by atoms with van der Waals surface area (Å²) in [6, 6.07) is 3.31. The summed E-state index contributed by atoms with van der Waals surface area (Å²) in [4.78, 5) is 10.8. The molecule has 0 aliphatic heterocycles. The molecule has 0 aliphatic rings. The van der Waals surface area contributed by atoms with Gasteiger partial charge in [-0.15, -0.1) is 0 Å². The summed E-state index contributed by atoms with van der Waals surface area (Å²) >= 11 is 0. The van der Waals surface area contributed by atoms with Gasteiger partial charge in [-0.05, 0) is 24.6 Å². The molecule has 1 aromatic carbocycles. The molecule has 0 aliphatic carbocycles. The first kappa shape index (κ1) is 10.5. The largest absolute Gasteiger partial charge is 0.508 e. The lowest BCUT2D eigenvalue weighted by molar-refractivity contribution is -0.138. The van der Waals surface area contributed by atoms with Crippen LogP contribution in [0.4, 0.5) is 4.39 Å². The third kappa shape index (κ3) is 2.02. The molecule has 0 saturated carbocycles. The molecule has 0 radical (unpaired) electrons. The summed E-state index contributed by atoms with van der Waals surface area (Å²) in [7, 11) is 0. The smallest absolute Gasteiger partial charge is 0.311 e. The fourth-order valence-corrected chi connectivity index (χ4v) is 1.33. The standard InChI is InChI=1S/C10H11FO3/c1-2-7(10(13)14)8-5-6(11)3-4-9(8)12/h3-5,7,12H,2H2,1H3,(H,13,14). The summed E-state index contributed by atoms with van der Waals surface area (Å²) in [6.07, 6.45) is 0.312. The number of aromatic hydroxyl groups is 1. The van der Waals surface area contributed by atoms with E-state index in [-0.39, 0.29) is 11.3 Å². The second-order valence-electron chi connectivity index (χ2n) is 3.00. The van der Waals surface area contributed by atoms with Crippen molar-refractivity contribution < 1.29 is 19.4 Å². The highest BCUT2D eigenvalue weighted by Gasteiger charge is 2.21. The molecular formula is C10H11FO3. The lowest BCUT2D eigenvalue weighted by Crippen LogP contribution is -2.10. The molecule has 1 atom stereocenters. The minimum Gasteiger partial charge on any atom is -0.508 e. The predicted molar refractivity (Wildman–Crippen MR) is 48.7 cm³/mol. The van der Waals surface area contributed by atoms with Gasteiger partial charge in [-0.1, -0.05) is 6.92 Å². The molecule has 1 unspecified atom stereocenters. The zero-order valence-electron chi connectivity index (χ0n) is 7.70. The van der Waals surface area contributed by atoms with E-state index >= 15 is 0 Å². The van der Waals surface area contributed by atoms with Crippen molar-refractivity contribution in [3.8, 4) is 5.75 Å². The van der Waals surface area contributed by atoms with Gasteiger partial charge in [-0.2, -0.15) is 0 Å². The van der Waals surface area contributed by atoms with E-state index in [0.29, 0.717) is 6.42 Å². The maximum absolute atomic E-state index is 12.8. The Kier molecular flexibility index (Phi) is 3.06. The lowest BCUT2D eigenvalue weighted by Gasteiger charge is -2.11. The topological polar surface area (TPSA) is 57.5 Å².